The van der Waals surface area contributed by atoms with E-state index in [1.54, 1.807) is 0 Å². The van der Waals surface area contributed by atoms with Gasteiger partial charge in [0.2, 0.25) is 5.91 Å². The van der Waals surface area contributed by atoms with Gasteiger partial charge in [0.1, 0.15) is 5.75 Å². The van der Waals surface area contributed by atoms with Crippen molar-refractivity contribution in [3.8, 4) is 5.75 Å². The number of carbonyl (C=O) groups excluding carboxylic acids is 1. The van der Waals surface area contributed by atoms with E-state index in [0.717, 1.165) is 57.2 Å². The Hall–Kier alpha value is -2.37. The normalized spacial score (nSPS) is 18.1. The van der Waals surface area contributed by atoms with Crippen LogP contribution in [0.3, 0.4) is 0 Å². The summed E-state index contributed by atoms with van der Waals surface area (Å²) in [7, 11) is 0. The van der Waals surface area contributed by atoms with Crippen molar-refractivity contribution < 1.29 is 9.53 Å². The molecular formula is C24H31N3O2. The van der Waals surface area contributed by atoms with Gasteiger partial charge in [0.25, 0.3) is 0 Å². The summed E-state index contributed by atoms with van der Waals surface area (Å²) in [5.74, 6) is 1.23. The third-order valence-electron chi connectivity index (χ3n) is 6.12. The molecule has 2 aliphatic heterocycles. The Morgan fingerprint density at radius 1 is 1.10 bits per heavy atom. The lowest BCUT2D eigenvalue weighted by molar-refractivity contribution is -0.124. The molecule has 0 spiro atoms. The van der Waals surface area contributed by atoms with E-state index in [4.69, 9.17) is 4.74 Å². The van der Waals surface area contributed by atoms with Crippen LogP contribution in [0.2, 0.25) is 0 Å². The maximum Gasteiger partial charge on any atom is 0.244 e. The predicted molar refractivity (Wildman–Crippen MR) is 116 cm³/mol. The first-order chi connectivity index (χ1) is 14.2. The van der Waals surface area contributed by atoms with Gasteiger partial charge in [-0.2, -0.15) is 0 Å². The molecule has 1 amide bonds. The summed E-state index contributed by atoms with van der Waals surface area (Å²) in [6, 6.07) is 16.5. The van der Waals surface area contributed by atoms with E-state index in [1.165, 1.54) is 11.1 Å². The average Bonchev–Trinajstić information content (AvgIpc) is 3.23. The smallest absolute Gasteiger partial charge is 0.244 e. The highest BCUT2D eigenvalue weighted by atomic mass is 16.5. The Kier molecular flexibility index (Phi) is 6.16. The van der Waals surface area contributed by atoms with Crippen LogP contribution >= 0.6 is 0 Å². The number of ether oxygens (including phenoxy) is 1. The number of nitrogens with zero attached hydrogens (tertiary/aromatic N) is 3. The molecule has 2 aliphatic rings. The maximum atomic E-state index is 13.1. The number of amides is 1. The molecule has 154 valence electrons. The Labute approximate surface area is 173 Å². The molecule has 0 N–H and O–H groups in total. The molecule has 1 saturated heterocycles. The number of piperazine rings is 1. The predicted octanol–water partition coefficient (Wildman–Crippen LogP) is 3.18. The van der Waals surface area contributed by atoms with Crippen molar-refractivity contribution in [3.63, 3.8) is 0 Å². The van der Waals surface area contributed by atoms with E-state index in [2.05, 4.69) is 28.0 Å². The van der Waals surface area contributed by atoms with Gasteiger partial charge in [-0.1, -0.05) is 30.3 Å². The largest absolute Gasteiger partial charge is 0.493 e. The summed E-state index contributed by atoms with van der Waals surface area (Å²) in [5, 5.41) is 0. The van der Waals surface area contributed by atoms with E-state index in [1.807, 2.05) is 49.1 Å². The van der Waals surface area contributed by atoms with Gasteiger partial charge in [-0.25, -0.2) is 0 Å². The van der Waals surface area contributed by atoms with Crippen molar-refractivity contribution in [2.45, 2.75) is 32.9 Å². The van der Waals surface area contributed by atoms with Crippen LogP contribution in [-0.4, -0.2) is 61.1 Å². The maximum absolute atomic E-state index is 13.1. The van der Waals surface area contributed by atoms with Crippen LogP contribution in [0.4, 0.5) is 5.69 Å². The minimum atomic E-state index is -0.102. The third-order valence-corrected chi connectivity index (χ3v) is 6.12. The summed E-state index contributed by atoms with van der Waals surface area (Å²) in [6.45, 7) is 10.4. The second kappa shape index (κ2) is 8.97. The van der Waals surface area contributed by atoms with E-state index in [-0.39, 0.29) is 11.9 Å². The van der Waals surface area contributed by atoms with Crippen molar-refractivity contribution in [3.05, 3.63) is 59.7 Å². The van der Waals surface area contributed by atoms with E-state index >= 15 is 0 Å². The van der Waals surface area contributed by atoms with Gasteiger partial charge in [-0.05, 0) is 43.2 Å². The molecule has 0 aliphatic carbocycles. The molecule has 2 heterocycles. The van der Waals surface area contributed by atoms with Gasteiger partial charge in [0.05, 0.1) is 12.6 Å². The minimum absolute atomic E-state index is 0.102. The van der Waals surface area contributed by atoms with Crippen LogP contribution in [0, 0.1) is 0 Å². The van der Waals surface area contributed by atoms with Gasteiger partial charge in [0, 0.05) is 51.4 Å². The molecule has 29 heavy (non-hydrogen) atoms. The molecular weight excluding hydrogens is 362 g/mol. The first-order valence-electron chi connectivity index (χ1n) is 10.7. The molecule has 0 aromatic heterocycles. The molecule has 0 saturated carbocycles. The lowest BCUT2D eigenvalue weighted by atomic mass is 10.1. The second-order valence-electron chi connectivity index (χ2n) is 7.95. The van der Waals surface area contributed by atoms with Crippen LogP contribution < -0.4 is 9.64 Å². The number of rotatable bonds is 6. The molecule has 2 aromatic rings. The molecule has 2 aromatic carbocycles. The lowest BCUT2D eigenvalue weighted by Crippen LogP contribution is -2.54. The van der Waals surface area contributed by atoms with Crippen molar-refractivity contribution in [2.75, 3.05) is 44.2 Å². The second-order valence-corrected chi connectivity index (χ2v) is 7.95. The summed E-state index contributed by atoms with van der Waals surface area (Å²) in [4.78, 5) is 19.8. The molecule has 0 unspecified atom stereocenters. The fourth-order valence-corrected chi connectivity index (χ4v) is 4.36. The molecule has 0 radical (unpaired) electrons. The SMILES string of the molecule is CCN(C(=O)[C@@H](C)N1CCN(Cc2ccc3c(c2)CCO3)CC1)c1ccccc1. The lowest BCUT2D eigenvalue weighted by Gasteiger charge is -2.39. The number of likely N-dealkylation sites (N-methyl/N-ethyl adjacent to an activating group) is 1. The first-order valence-corrected chi connectivity index (χ1v) is 10.7. The van der Waals surface area contributed by atoms with Crippen LogP contribution in [-0.2, 0) is 17.8 Å². The zero-order valence-corrected chi connectivity index (χ0v) is 17.5. The third kappa shape index (κ3) is 4.46. The quantitative estimate of drug-likeness (QED) is 0.755. The number of hydrogen-bond donors (Lipinski definition) is 0. The fraction of sp³-hybridized carbons (Fsp3) is 0.458. The van der Waals surface area contributed by atoms with Crippen molar-refractivity contribution >= 4 is 11.6 Å². The number of hydrogen-bond acceptors (Lipinski definition) is 4. The van der Waals surface area contributed by atoms with Crippen LogP contribution in [0.25, 0.3) is 0 Å². The van der Waals surface area contributed by atoms with E-state index in [9.17, 15) is 4.79 Å². The molecule has 1 fully saturated rings. The highest BCUT2D eigenvalue weighted by Crippen LogP contribution is 2.26. The van der Waals surface area contributed by atoms with Crippen LogP contribution in [0.15, 0.2) is 48.5 Å². The highest BCUT2D eigenvalue weighted by molar-refractivity contribution is 5.96. The number of carbonyl (C=O) groups is 1. The zero-order chi connectivity index (χ0) is 20.2. The summed E-state index contributed by atoms with van der Waals surface area (Å²) < 4.78 is 5.61. The van der Waals surface area contributed by atoms with E-state index < -0.39 is 0 Å². The average molecular weight is 394 g/mol. The van der Waals surface area contributed by atoms with Crippen molar-refractivity contribution in [1.82, 2.24) is 9.80 Å². The summed E-state index contributed by atoms with van der Waals surface area (Å²) in [5.41, 5.74) is 3.67. The number of fused-ring (bicyclic) bond motifs is 1. The fourth-order valence-electron chi connectivity index (χ4n) is 4.36. The Balaban J connectivity index is 1.32. The molecule has 0 bridgehead atoms. The van der Waals surface area contributed by atoms with E-state index in [0.29, 0.717) is 6.54 Å². The molecule has 4 rings (SSSR count). The molecule has 5 nitrogen and oxygen atoms in total. The highest BCUT2D eigenvalue weighted by Gasteiger charge is 2.29. The summed E-state index contributed by atoms with van der Waals surface area (Å²) in [6.07, 6.45) is 1.02. The Morgan fingerprint density at radius 2 is 1.86 bits per heavy atom. The van der Waals surface area contributed by atoms with Gasteiger partial charge in [-0.15, -0.1) is 0 Å². The van der Waals surface area contributed by atoms with Crippen LogP contribution in [0.5, 0.6) is 5.75 Å². The number of anilines is 1. The monoisotopic (exact) mass is 393 g/mol. The first kappa shape index (κ1) is 19.9. The van der Waals surface area contributed by atoms with Gasteiger partial charge in [-0.3, -0.25) is 14.6 Å². The summed E-state index contributed by atoms with van der Waals surface area (Å²) >= 11 is 0. The molecule has 5 heteroatoms. The number of benzene rings is 2. The Morgan fingerprint density at radius 3 is 2.59 bits per heavy atom. The topological polar surface area (TPSA) is 36.0 Å². The standard InChI is InChI=1S/C24H31N3O2/c1-3-27(22-7-5-4-6-8-22)24(28)19(2)26-14-12-25(13-15-26)18-20-9-10-23-21(17-20)11-16-29-23/h4-10,17,19H,3,11-16,18H2,1-2H3/t19-/m1/s1. The minimum Gasteiger partial charge on any atom is -0.493 e. The van der Waals surface area contributed by atoms with Crippen LogP contribution in [0.1, 0.15) is 25.0 Å². The van der Waals surface area contributed by atoms with Crippen molar-refractivity contribution in [2.24, 2.45) is 0 Å². The van der Waals surface area contributed by atoms with Gasteiger partial charge >= 0.3 is 0 Å². The van der Waals surface area contributed by atoms with Gasteiger partial charge < -0.3 is 9.64 Å². The van der Waals surface area contributed by atoms with Gasteiger partial charge in [0.15, 0.2) is 0 Å². The number of para-hydroxylation sites is 1. The Bertz CT molecular complexity index is 831. The molecule has 1 atom stereocenters. The zero-order valence-electron chi connectivity index (χ0n) is 17.5. The van der Waals surface area contributed by atoms with Crippen molar-refractivity contribution in [1.29, 1.82) is 0 Å².